The van der Waals surface area contributed by atoms with E-state index in [0.717, 1.165) is 23.3 Å². The number of carboxylic acids is 1. The van der Waals surface area contributed by atoms with Crippen LogP contribution >= 0.6 is 0 Å². The molecule has 0 bridgehead atoms. The van der Waals surface area contributed by atoms with Crippen molar-refractivity contribution in [3.05, 3.63) is 23.3 Å². The monoisotopic (exact) mass is 248 g/mol. The molecule has 0 aromatic heterocycles. The second kappa shape index (κ2) is 3.90. The van der Waals surface area contributed by atoms with Crippen LogP contribution in [0.25, 0.3) is 0 Å². The van der Waals surface area contributed by atoms with Crippen molar-refractivity contribution in [3.8, 4) is 11.5 Å². The third kappa shape index (κ3) is 1.64. The van der Waals surface area contributed by atoms with Crippen LogP contribution in [0, 0.1) is 6.92 Å². The lowest BCUT2D eigenvalue weighted by molar-refractivity contribution is -0.140. The Labute approximate surface area is 106 Å². The summed E-state index contributed by atoms with van der Waals surface area (Å²) >= 11 is 0. The minimum atomic E-state index is -0.736. The highest BCUT2D eigenvalue weighted by Crippen LogP contribution is 2.51. The largest absolute Gasteiger partial charge is 0.490 e. The van der Waals surface area contributed by atoms with Crippen molar-refractivity contribution in [1.29, 1.82) is 0 Å². The van der Waals surface area contributed by atoms with E-state index < -0.39 is 11.4 Å². The first-order chi connectivity index (χ1) is 8.63. The maximum atomic E-state index is 11.4. The molecular formula is C14H16O4. The van der Waals surface area contributed by atoms with Crippen molar-refractivity contribution in [2.75, 3.05) is 13.2 Å². The Bertz CT molecular complexity index is 503. The molecule has 0 amide bonds. The molecule has 1 aromatic carbocycles. The van der Waals surface area contributed by atoms with Crippen LogP contribution in [-0.2, 0) is 10.2 Å². The lowest BCUT2D eigenvalue weighted by Gasteiger charge is -2.17. The Morgan fingerprint density at radius 1 is 1.22 bits per heavy atom. The SMILES string of the molecule is Cc1cc2c(cc1C1(C(=O)O)CC1)OCCCO2. The molecule has 0 unspecified atom stereocenters. The summed E-state index contributed by atoms with van der Waals surface area (Å²) in [4.78, 5) is 11.4. The highest BCUT2D eigenvalue weighted by Gasteiger charge is 2.52. The Morgan fingerprint density at radius 3 is 2.39 bits per heavy atom. The first kappa shape index (κ1) is 11.4. The fourth-order valence-corrected chi connectivity index (χ4v) is 2.55. The van der Waals surface area contributed by atoms with Crippen LogP contribution < -0.4 is 9.47 Å². The maximum Gasteiger partial charge on any atom is 0.314 e. The van der Waals surface area contributed by atoms with E-state index in [0.29, 0.717) is 31.8 Å². The van der Waals surface area contributed by atoms with Crippen LogP contribution in [0.5, 0.6) is 11.5 Å². The summed E-state index contributed by atoms with van der Waals surface area (Å²) in [5.41, 5.74) is 1.16. The van der Waals surface area contributed by atoms with Gasteiger partial charge in [0.15, 0.2) is 11.5 Å². The highest BCUT2D eigenvalue weighted by molar-refractivity contribution is 5.85. The summed E-state index contributed by atoms with van der Waals surface area (Å²) in [6.07, 6.45) is 2.28. The van der Waals surface area contributed by atoms with Crippen LogP contribution in [-0.4, -0.2) is 24.3 Å². The van der Waals surface area contributed by atoms with Crippen LogP contribution in [0.4, 0.5) is 0 Å². The lowest BCUT2D eigenvalue weighted by atomic mass is 9.91. The summed E-state index contributed by atoms with van der Waals surface area (Å²) in [6.45, 7) is 3.21. The number of fused-ring (bicyclic) bond motifs is 1. The summed E-state index contributed by atoms with van der Waals surface area (Å²) in [6, 6.07) is 3.76. The molecule has 4 heteroatoms. The van der Waals surface area contributed by atoms with Gasteiger partial charge in [0.1, 0.15) is 0 Å². The topological polar surface area (TPSA) is 55.8 Å². The molecule has 0 spiro atoms. The van der Waals surface area contributed by atoms with E-state index in [2.05, 4.69) is 0 Å². The molecule has 0 atom stereocenters. The number of hydrogen-bond donors (Lipinski definition) is 1. The van der Waals surface area contributed by atoms with Gasteiger partial charge in [0, 0.05) is 6.42 Å². The normalized spacial score (nSPS) is 20.1. The number of ether oxygens (including phenoxy) is 2. The second-order valence-electron chi connectivity index (χ2n) is 5.05. The van der Waals surface area contributed by atoms with Gasteiger partial charge >= 0.3 is 5.97 Å². The minimum Gasteiger partial charge on any atom is -0.490 e. The zero-order chi connectivity index (χ0) is 12.8. The Kier molecular flexibility index (Phi) is 2.47. The standard InChI is InChI=1S/C14H16O4/c1-9-7-11-12(18-6-2-5-17-11)8-10(9)14(3-4-14)13(15)16/h7-8H,2-6H2,1H3,(H,15,16). The number of aliphatic carboxylic acids is 1. The molecule has 96 valence electrons. The van der Waals surface area contributed by atoms with Crippen molar-refractivity contribution in [2.45, 2.75) is 31.6 Å². The average molecular weight is 248 g/mol. The van der Waals surface area contributed by atoms with Crippen LogP contribution in [0.15, 0.2) is 12.1 Å². The molecule has 4 nitrogen and oxygen atoms in total. The number of benzene rings is 1. The minimum absolute atomic E-state index is 0.621. The molecule has 1 N–H and O–H groups in total. The molecule has 3 rings (SSSR count). The third-order valence-electron chi connectivity index (χ3n) is 3.77. The molecule has 18 heavy (non-hydrogen) atoms. The zero-order valence-corrected chi connectivity index (χ0v) is 10.4. The van der Waals surface area contributed by atoms with E-state index in [9.17, 15) is 9.90 Å². The van der Waals surface area contributed by atoms with Crippen molar-refractivity contribution in [2.24, 2.45) is 0 Å². The maximum absolute atomic E-state index is 11.4. The van der Waals surface area contributed by atoms with Gasteiger partial charge in [0.05, 0.1) is 18.6 Å². The first-order valence-corrected chi connectivity index (χ1v) is 6.28. The van der Waals surface area contributed by atoms with E-state index in [1.807, 2.05) is 19.1 Å². The van der Waals surface area contributed by atoms with Gasteiger partial charge in [-0.2, -0.15) is 0 Å². The lowest BCUT2D eigenvalue weighted by Crippen LogP contribution is -2.20. The molecular weight excluding hydrogens is 232 g/mol. The second-order valence-corrected chi connectivity index (χ2v) is 5.05. The van der Waals surface area contributed by atoms with Crippen molar-refractivity contribution < 1.29 is 19.4 Å². The average Bonchev–Trinajstić information content (AvgIpc) is 3.12. The molecule has 0 radical (unpaired) electrons. The molecule has 1 aliphatic carbocycles. The van der Waals surface area contributed by atoms with Crippen molar-refractivity contribution in [1.82, 2.24) is 0 Å². The first-order valence-electron chi connectivity index (χ1n) is 6.28. The highest BCUT2D eigenvalue weighted by atomic mass is 16.5. The van der Waals surface area contributed by atoms with Gasteiger partial charge in [-0.05, 0) is 43.0 Å². The number of carbonyl (C=O) groups is 1. The summed E-state index contributed by atoms with van der Waals surface area (Å²) in [5.74, 6) is 0.677. The summed E-state index contributed by atoms with van der Waals surface area (Å²) in [7, 11) is 0. The molecule has 0 saturated heterocycles. The van der Waals surface area contributed by atoms with Gasteiger partial charge in [0.25, 0.3) is 0 Å². The zero-order valence-electron chi connectivity index (χ0n) is 10.4. The van der Waals surface area contributed by atoms with Gasteiger partial charge in [-0.3, -0.25) is 4.79 Å². The van der Waals surface area contributed by atoms with Gasteiger partial charge in [-0.25, -0.2) is 0 Å². The van der Waals surface area contributed by atoms with E-state index in [1.54, 1.807) is 0 Å². The van der Waals surface area contributed by atoms with Crippen LogP contribution in [0.2, 0.25) is 0 Å². The Balaban J connectivity index is 2.06. The molecule has 1 fully saturated rings. The molecule has 2 aliphatic rings. The molecule has 1 aromatic rings. The fourth-order valence-electron chi connectivity index (χ4n) is 2.55. The smallest absolute Gasteiger partial charge is 0.314 e. The Hall–Kier alpha value is -1.71. The molecule has 1 saturated carbocycles. The predicted octanol–water partition coefficient (Wildman–Crippen LogP) is 2.27. The fraction of sp³-hybridized carbons (Fsp3) is 0.500. The molecule has 1 heterocycles. The van der Waals surface area contributed by atoms with Crippen LogP contribution in [0.1, 0.15) is 30.4 Å². The van der Waals surface area contributed by atoms with Crippen LogP contribution in [0.3, 0.4) is 0 Å². The van der Waals surface area contributed by atoms with E-state index in [1.165, 1.54) is 0 Å². The molecule has 1 aliphatic heterocycles. The summed E-state index contributed by atoms with van der Waals surface area (Å²) in [5, 5.41) is 9.37. The quantitative estimate of drug-likeness (QED) is 0.872. The third-order valence-corrected chi connectivity index (χ3v) is 3.77. The van der Waals surface area contributed by atoms with E-state index in [-0.39, 0.29) is 0 Å². The van der Waals surface area contributed by atoms with Gasteiger partial charge < -0.3 is 14.6 Å². The summed E-state index contributed by atoms with van der Waals surface area (Å²) < 4.78 is 11.2. The van der Waals surface area contributed by atoms with E-state index >= 15 is 0 Å². The van der Waals surface area contributed by atoms with E-state index in [4.69, 9.17) is 9.47 Å². The number of aryl methyl sites for hydroxylation is 1. The van der Waals surface area contributed by atoms with Crippen molar-refractivity contribution in [3.63, 3.8) is 0 Å². The van der Waals surface area contributed by atoms with Gasteiger partial charge in [-0.15, -0.1) is 0 Å². The van der Waals surface area contributed by atoms with Crippen molar-refractivity contribution >= 4 is 5.97 Å². The number of carboxylic acid groups (broad SMARTS) is 1. The number of hydrogen-bond acceptors (Lipinski definition) is 3. The Morgan fingerprint density at radius 2 is 1.83 bits per heavy atom. The van der Waals surface area contributed by atoms with Gasteiger partial charge in [-0.1, -0.05) is 0 Å². The number of rotatable bonds is 2. The van der Waals surface area contributed by atoms with Gasteiger partial charge in [0.2, 0.25) is 0 Å². The predicted molar refractivity (Wildman–Crippen MR) is 65.3 cm³/mol.